The second-order valence-corrected chi connectivity index (χ2v) is 8.23. The molecule has 0 aromatic carbocycles. The van der Waals surface area contributed by atoms with E-state index in [1.807, 2.05) is 0 Å². The Kier molecular flexibility index (Phi) is 5.78. The lowest BCUT2D eigenvalue weighted by atomic mass is 10.0. The molecule has 2 N–H and O–H groups in total. The van der Waals surface area contributed by atoms with Crippen LogP contribution in [0.3, 0.4) is 0 Å². The Balaban J connectivity index is 2.15. The maximum Gasteiger partial charge on any atom is 0.281 e. The van der Waals surface area contributed by atoms with Gasteiger partial charge in [0.1, 0.15) is 0 Å². The molecule has 1 amide bonds. The van der Waals surface area contributed by atoms with Gasteiger partial charge in [0.05, 0.1) is 5.92 Å². The number of hydrogen-bond acceptors (Lipinski definition) is 5. The molecule has 1 atom stereocenters. The second kappa shape index (κ2) is 7.22. The summed E-state index contributed by atoms with van der Waals surface area (Å²) in [7, 11) is -0.545. The third-order valence-electron chi connectivity index (χ3n) is 4.41. The van der Waals surface area contributed by atoms with E-state index >= 15 is 0 Å². The zero-order valence-corrected chi connectivity index (χ0v) is 14.1. The number of carbonyl (C=O) groups excluding carboxylic acids is 1. The molecule has 2 heterocycles. The summed E-state index contributed by atoms with van der Waals surface area (Å²) >= 11 is 0. The van der Waals surface area contributed by atoms with E-state index in [-0.39, 0.29) is 6.54 Å². The number of nitrogens with two attached hydrogens (primary N) is 1. The van der Waals surface area contributed by atoms with E-state index in [9.17, 15) is 13.2 Å². The number of amides is 1. The molecular weight excluding hydrogens is 308 g/mol. The van der Waals surface area contributed by atoms with Crippen molar-refractivity contribution in [1.29, 1.82) is 0 Å². The Hall–Kier alpha value is -0.740. The van der Waals surface area contributed by atoms with Gasteiger partial charge in [-0.1, -0.05) is 0 Å². The molecule has 22 heavy (non-hydrogen) atoms. The van der Waals surface area contributed by atoms with Gasteiger partial charge in [-0.3, -0.25) is 9.69 Å². The van der Waals surface area contributed by atoms with E-state index in [1.54, 1.807) is 0 Å². The fraction of sp³-hybridized carbons (Fsp3) is 0.923. The molecule has 2 fully saturated rings. The van der Waals surface area contributed by atoms with Crippen molar-refractivity contribution in [2.75, 3.05) is 53.5 Å². The van der Waals surface area contributed by atoms with Crippen LogP contribution in [0.25, 0.3) is 0 Å². The molecule has 128 valence electrons. The van der Waals surface area contributed by atoms with Gasteiger partial charge in [-0.2, -0.15) is 17.0 Å². The molecule has 2 rings (SSSR count). The SMILES string of the molecule is CN(C)S(=O)(=O)N1CCN(C2CCOCC2)CC(C(N)=O)C1. The zero-order chi connectivity index (χ0) is 16.3. The van der Waals surface area contributed by atoms with Gasteiger partial charge in [0.15, 0.2) is 0 Å². The van der Waals surface area contributed by atoms with Gasteiger partial charge in [-0.15, -0.1) is 0 Å². The van der Waals surface area contributed by atoms with Crippen molar-refractivity contribution in [3.05, 3.63) is 0 Å². The Bertz CT molecular complexity index is 490. The number of ether oxygens (including phenoxy) is 1. The zero-order valence-electron chi connectivity index (χ0n) is 13.3. The van der Waals surface area contributed by atoms with Crippen molar-refractivity contribution >= 4 is 16.1 Å². The van der Waals surface area contributed by atoms with Gasteiger partial charge in [0.2, 0.25) is 5.91 Å². The average Bonchev–Trinajstić information content (AvgIpc) is 2.71. The lowest BCUT2D eigenvalue weighted by Gasteiger charge is -2.34. The quantitative estimate of drug-likeness (QED) is 0.689. The van der Waals surface area contributed by atoms with Gasteiger partial charge in [0.25, 0.3) is 10.2 Å². The minimum absolute atomic E-state index is 0.148. The van der Waals surface area contributed by atoms with E-state index in [0.717, 1.165) is 12.8 Å². The summed E-state index contributed by atoms with van der Waals surface area (Å²) in [5.74, 6) is -0.932. The number of hydrogen-bond donors (Lipinski definition) is 1. The van der Waals surface area contributed by atoms with Crippen LogP contribution < -0.4 is 5.73 Å². The van der Waals surface area contributed by atoms with E-state index < -0.39 is 22.0 Å². The summed E-state index contributed by atoms with van der Waals surface area (Å²) in [6, 6.07) is 0.331. The summed E-state index contributed by atoms with van der Waals surface area (Å²) in [6.07, 6.45) is 1.82. The fourth-order valence-corrected chi connectivity index (χ4v) is 4.15. The van der Waals surface area contributed by atoms with Crippen LogP contribution in [0.1, 0.15) is 12.8 Å². The van der Waals surface area contributed by atoms with E-state index in [2.05, 4.69) is 4.90 Å². The average molecular weight is 334 g/mol. The summed E-state index contributed by atoms with van der Waals surface area (Å²) in [5, 5.41) is 0. The van der Waals surface area contributed by atoms with Gasteiger partial charge in [0, 0.05) is 59.5 Å². The third-order valence-corrected chi connectivity index (χ3v) is 6.32. The van der Waals surface area contributed by atoms with Gasteiger partial charge >= 0.3 is 0 Å². The molecule has 0 saturated carbocycles. The first kappa shape index (κ1) is 17.6. The number of carbonyl (C=O) groups is 1. The topological polar surface area (TPSA) is 96.2 Å². The van der Waals surface area contributed by atoms with Crippen LogP contribution in [0.2, 0.25) is 0 Å². The van der Waals surface area contributed by atoms with Crippen LogP contribution in [0.15, 0.2) is 0 Å². The summed E-state index contributed by atoms with van der Waals surface area (Å²) in [4.78, 5) is 13.9. The lowest BCUT2D eigenvalue weighted by molar-refractivity contribution is -0.122. The first-order valence-corrected chi connectivity index (χ1v) is 9.00. The fourth-order valence-electron chi connectivity index (χ4n) is 3.01. The molecule has 2 aliphatic rings. The Morgan fingerprint density at radius 3 is 2.36 bits per heavy atom. The molecule has 1 unspecified atom stereocenters. The monoisotopic (exact) mass is 334 g/mol. The molecule has 0 aromatic rings. The lowest BCUT2D eigenvalue weighted by Crippen LogP contribution is -2.45. The molecule has 2 saturated heterocycles. The highest BCUT2D eigenvalue weighted by molar-refractivity contribution is 7.86. The molecule has 0 radical (unpaired) electrons. The predicted molar refractivity (Wildman–Crippen MR) is 82.3 cm³/mol. The Morgan fingerprint density at radius 2 is 1.82 bits per heavy atom. The summed E-state index contributed by atoms with van der Waals surface area (Å²) < 4.78 is 32.6. The summed E-state index contributed by atoms with van der Waals surface area (Å²) in [5.41, 5.74) is 5.48. The largest absolute Gasteiger partial charge is 0.381 e. The number of rotatable bonds is 4. The Morgan fingerprint density at radius 1 is 1.18 bits per heavy atom. The normalized spacial score (nSPS) is 27.0. The van der Waals surface area contributed by atoms with Crippen molar-refractivity contribution in [1.82, 2.24) is 13.5 Å². The second-order valence-electron chi connectivity index (χ2n) is 6.09. The Labute approximate surface area is 132 Å². The molecule has 0 bridgehead atoms. The molecule has 0 spiro atoms. The predicted octanol–water partition coefficient (Wildman–Crippen LogP) is -1.31. The minimum atomic E-state index is -3.54. The van der Waals surface area contributed by atoms with Crippen molar-refractivity contribution in [2.24, 2.45) is 11.7 Å². The molecule has 8 nitrogen and oxygen atoms in total. The highest BCUT2D eigenvalue weighted by Gasteiger charge is 2.35. The highest BCUT2D eigenvalue weighted by Crippen LogP contribution is 2.20. The third kappa shape index (κ3) is 3.96. The molecular formula is C13H26N4O4S. The van der Waals surface area contributed by atoms with E-state index in [0.29, 0.717) is 38.9 Å². The first-order valence-electron chi connectivity index (χ1n) is 7.61. The first-order chi connectivity index (χ1) is 10.3. The van der Waals surface area contributed by atoms with Crippen molar-refractivity contribution < 1.29 is 17.9 Å². The van der Waals surface area contributed by atoms with E-state index in [4.69, 9.17) is 10.5 Å². The van der Waals surface area contributed by atoms with E-state index in [1.165, 1.54) is 22.7 Å². The molecule has 2 aliphatic heterocycles. The van der Waals surface area contributed by atoms with Crippen LogP contribution >= 0.6 is 0 Å². The van der Waals surface area contributed by atoms with Crippen molar-refractivity contribution in [3.8, 4) is 0 Å². The van der Waals surface area contributed by atoms with Crippen LogP contribution in [0.5, 0.6) is 0 Å². The maximum atomic E-state index is 12.4. The highest BCUT2D eigenvalue weighted by atomic mass is 32.2. The van der Waals surface area contributed by atoms with Crippen LogP contribution in [0.4, 0.5) is 0 Å². The van der Waals surface area contributed by atoms with Crippen LogP contribution in [0, 0.1) is 5.92 Å². The molecule has 0 aromatic heterocycles. The van der Waals surface area contributed by atoms with Crippen molar-refractivity contribution in [2.45, 2.75) is 18.9 Å². The van der Waals surface area contributed by atoms with Gasteiger partial charge in [-0.25, -0.2) is 0 Å². The smallest absolute Gasteiger partial charge is 0.281 e. The number of primary amides is 1. The standard InChI is InChI=1S/C13H26N4O4S/c1-15(2)22(19,20)17-6-5-16(9-11(10-17)13(14)18)12-3-7-21-8-4-12/h11-12H,3-10H2,1-2H3,(H2,14,18). The molecule has 0 aliphatic carbocycles. The van der Waals surface area contributed by atoms with Gasteiger partial charge in [-0.05, 0) is 12.8 Å². The van der Waals surface area contributed by atoms with Gasteiger partial charge < -0.3 is 10.5 Å². The number of nitrogens with zero attached hydrogens (tertiary/aromatic N) is 3. The van der Waals surface area contributed by atoms with Crippen LogP contribution in [-0.4, -0.2) is 87.4 Å². The van der Waals surface area contributed by atoms with Crippen LogP contribution in [-0.2, 0) is 19.7 Å². The maximum absolute atomic E-state index is 12.4. The summed E-state index contributed by atoms with van der Waals surface area (Å²) in [6.45, 7) is 3.07. The van der Waals surface area contributed by atoms with Crippen molar-refractivity contribution in [3.63, 3.8) is 0 Å². The minimum Gasteiger partial charge on any atom is -0.381 e. The molecule has 9 heteroatoms.